The molecule has 0 fully saturated rings. The standard InChI is InChI=1S/C16H14N2O2/c1-11(19)20-15(12-7-3-2-4-8-12)16-17-13-9-5-6-10-14(13)18-16/h2-10,15H,1H3,(H,17,18). The number of hydrogen-bond acceptors (Lipinski definition) is 3. The van der Waals surface area contributed by atoms with Crippen LogP contribution in [-0.4, -0.2) is 15.9 Å². The maximum Gasteiger partial charge on any atom is 0.303 e. The summed E-state index contributed by atoms with van der Waals surface area (Å²) in [5, 5.41) is 0. The van der Waals surface area contributed by atoms with Crippen molar-refractivity contribution in [2.75, 3.05) is 0 Å². The lowest BCUT2D eigenvalue weighted by atomic mass is 10.1. The number of nitrogens with zero attached hydrogens (tertiary/aromatic N) is 1. The number of carbonyl (C=O) groups is 1. The number of imidazole rings is 1. The first-order chi connectivity index (χ1) is 9.74. The highest BCUT2D eigenvalue weighted by Gasteiger charge is 2.20. The summed E-state index contributed by atoms with van der Waals surface area (Å²) in [6.07, 6.45) is -0.513. The predicted molar refractivity (Wildman–Crippen MR) is 76.1 cm³/mol. The molecule has 4 heteroatoms. The molecule has 1 unspecified atom stereocenters. The van der Waals surface area contributed by atoms with Gasteiger partial charge in [-0.05, 0) is 12.1 Å². The van der Waals surface area contributed by atoms with E-state index in [1.807, 2.05) is 54.6 Å². The lowest BCUT2D eigenvalue weighted by molar-refractivity contribution is -0.145. The van der Waals surface area contributed by atoms with Gasteiger partial charge >= 0.3 is 5.97 Å². The fourth-order valence-corrected chi connectivity index (χ4v) is 2.17. The van der Waals surface area contributed by atoms with Crippen molar-refractivity contribution >= 4 is 17.0 Å². The molecular weight excluding hydrogens is 252 g/mol. The third-order valence-corrected chi connectivity index (χ3v) is 3.04. The van der Waals surface area contributed by atoms with E-state index < -0.39 is 6.10 Å². The van der Waals surface area contributed by atoms with Gasteiger partial charge in [0.05, 0.1) is 11.0 Å². The number of H-pyrrole nitrogens is 1. The van der Waals surface area contributed by atoms with Crippen molar-refractivity contribution in [1.82, 2.24) is 9.97 Å². The average molecular weight is 266 g/mol. The monoisotopic (exact) mass is 266 g/mol. The minimum atomic E-state index is -0.513. The first-order valence-electron chi connectivity index (χ1n) is 6.41. The third kappa shape index (κ3) is 2.40. The summed E-state index contributed by atoms with van der Waals surface area (Å²) in [5.41, 5.74) is 2.67. The highest BCUT2D eigenvalue weighted by atomic mass is 16.5. The Bertz CT molecular complexity index is 701. The Kier molecular flexibility index (Phi) is 3.21. The van der Waals surface area contributed by atoms with Crippen LogP contribution in [0.2, 0.25) is 0 Å². The fourth-order valence-electron chi connectivity index (χ4n) is 2.17. The van der Waals surface area contributed by atoms with E-state index in [4.69, 9.17) is 4.74 Å². The van der Waals surface area contributed by atoms with Crippen LogP contribution in [0.25, 0.3) is 11.0 Å². The zero-order valence-corrected chi connectivity index (χ0v) is 11.0. The number of fused-ring (bicyclic) bond motifs is 1. The van der Waals surface area contributed by atoms with Gasteiger partial charge in [-0.2, -0.15) is 0 Å². The molecule has 0 amide bonds. The van der Waals surface area contributed by atoms with E-state index in [9.17, 15) is 4.79 Å². The molecule has 1 aromatic heterocycles. The van der Waals surface area contributed by atoms with E-state index in [0.717, 1.165) is 16.6 Å². The van der Waals surface area contributed by atoms with Crippen molar-refractivity contribution in [3.63, 3.8) is 0 Å². The lowest BCUT2D eigenvalue weighted by Gasteiger charge is -2.14. The Morgan fingerprint density at radius 3 is 2.50 bits per heavy atom. The minimum absolute atomic E-state index is 0.334. The number of aromatic amines is 1. The van der Waals surface area contributed by atoms with Crippen molar-refractivity contribution in [3.8, 4) is 0 Å². The van der Waals surface area contributed by atoms with E-state index in [1.165, 1.54) is 6.92 Å². The first kappa shape index (κ1) is 12.4. The zero-order valence-electron chi connectivity index (χ0n) is 11.0. The molecule has 3 aromatic rings. The summed E-state index contributed by atoms with van der Waals surface area (Å²) in [6.45, 7) is 1.40. The Labute approximate surface area is 116 Å². The van der Waals surface area contributed by atoms with Gasteiger partial charge in [0.15, 0.2) is 11.9 Å². The lowest BCUT2D eigenvalue weighted by Crippen LogP contribution is -2.11. The molecule has 0 spiro atoms. The van der Waals surface area contributed by atoms with Crippen LogP contribution >= 0.6 is 0 Å². The normalized spacial score (nSPS) is 12.2. The Morgan fingerprint density at radius 1 is 1.10 bits per heavy atom. The highest BCUT2D eigenvalue weighted by Crippen LogP contribution is 2.25. The molecule has 1 heterocycles. The molecule has 0 saturated carbocycles. The third-order valence-electron chi connectivity index (χ3n) is 3.04. The first-order valence-corrected chi connectivity index (χ1v) is 6.41. The molecule has 0 radical (unpaired) electrons. The van der Waals surface area contributed by atoms with Crippen LogP contribution in [0.4, 0.5) is 0 Å². The van der Waals surface area contributed by atoms with Crippen molar-refractivity contribution in [3.05, 3.63) is 66.0 Å². The molecule has 2 aromatic carbocycles. The van der Waals surface area contributed by atoms with E-state index >= 15 is 0 Å². The number of esters is 1. The molecule has 4 nitrogen and oxygen atoms in total. The van der Waals surface area contributed by atoms with Gasteiger partial charge in [0.2, 0.25) is 0 Å². The molecular formula is C16H14N2O2. The van der Waals surface area contributed by atoms with Gasteiger partial charge < -0.3 is 9.72 Å². The number of ether oxygens (including phenoxy) is 1. The Hall–Kier alpha value is -2.62. The SMILES string of the molecule is CC(=O)OC(c1ccccc1)c1nc2ccccc2[nH]1. The van der Waals surface area contributed by atoms with Crippen molar-refractivity contribution in [2.45, 2.75) is 13.0 Å². The van der Waals surface area contributed by atoms with E-state index in [0.29, 0.717) is 5.82 Å². The number of aromatic nitrogens is 2. The molecule has 0 aliphatic carbocycles. The number of hydrogen-bond donors (Lipinski definition) is 1. The summed E-state index contributed by atoms with van der Waals surface area (Å²) >= 11 is 0. The largest absolute Gasteiger partial charge is 0.449 e. The number of para-hydroxylation sites is 2. The molecule has 20 heavy (non-hydrogen) atoms. The summed E-state index contributed by atoms with van der Waals surface area (Å²) in [6, 6.07) is 17.3. The molecule has 1 N–H and O–H groups in total. The number of nitrogens with one attached hydrogen (secondary N) is 1. The van der Waals surface area contributed by atoms with Crippen LogP contribution in [0, 0.1) is 0 Å². The summed E-state index contributed by atoms with van der Waals surface area (Å²) in [4.78, 5) is 19.1. The summed E-state index contributed by atoms with van der Waals surface area (Å²) < 4.78 is 5.42. The number of carbonyl (C=O) groups excluding carboxylic acids is 1. The van der Waals surface area contributed by atoms with Gasteiger partial charge in [-0.15, -0.1) is 0 Å². The van der Waals surface area contributed by atoms with E-state index in [2.05, 4.69) is 9.97 Å². The fraction of sp³-hybridized carbons (Fsp3) is 0.125. The second-order valence-corrected chi connectivity index (χ2v) is 4.54. The van der Waals surface area contributed by atoms with Crippen LogP contribution in [-0.2, 0) is 9.53 Å². The quantitative estimate of drug-likeness (QED) is 0.740. The maximum atomic E-state index is 11.4. The molecule has 3 rings (SSSR count). The topological polar surface area (TPSA) is 55.0 Å². The number of benzene rings is 2. The van der Waals surface area contributed by atoms with Gasteiger partial charge in [-0.3, -0.25) is 4.79 Å². The molecule has 1 atom stereocenters. The second-order valence-electron chi connectivity index (χ2n) is 4.54. The Balaban J connectivity index is 2.06. The van der Waals surface area contributed by atoms with E-state index in [1.54, 1.807) is 0 Å². The predicted octanol–water partition coefficient (Wildman–Crippen LogP) is 3.22. The van der Waals surface area contributed by atoms with Gasteiger partial charge in [0.25, 0.3) is 0 Å². The van der Waals surface area contributed by atoms with Gasteiger partial charge in [0.1, 0.15) is 0 Å². The van der Waals surface area contributed by atoms with Crippen LogP contribution in [0.3, 0.4) is 0 Å². The molecule has 0 aliphatic rings. The van der Waals surface area contributed by atoms with Crippen LogP contribution < -0.4 is 0 Å². The van der Waals surface area contributed by atoms with Gasteiger partial charge in [-0.25, -0.2) is 4.98 Å². The maximum absolute atomic E-state index is 11.4. The summed E-state index contributed by atoms with van der Waals surface area (Å²) in [7, 11) is 0. The second kappa shape index (κ2) is 5.17. The highest BCUT2D eigenvalue weighted by molar-refractivity contribution is 5.75. The molecule has 100 valence electrons. The van der Waals surface area contributed by atoms with Crippen molar-refractivity contribution in [2.24, 2.45) is 0 Å². The van der Waals surface area contributed by atoms with E-state index in [-0.39, 0.29) is 5.97 Å². The zero-order chi connectivity index (χ0) is 13.9. The number of rotatable bonds is 3. The van der Waals surface area contributed by atoms with Crippen molar-refractivity contribution in [1.29, 1.82) is 0 Å². The van der Waals surface area contributed by atoms with Gasteiger partial charge in [0, 0.05) is 12.5 Å². The molecule has 0 bridgehead atoms. The van der Waals surface area contributed by atoms with Crippen LogP contribution in [0.1, 0.15) is 24.4 Å². The summed E-state index contributed by atoms with van der Waals surface area (Å²) in [5.74, 6) is 0.298. The molecule has 0 saturated heterocycles. The van der Waals surface area contributed by atoms with Crippen molar-refractivity contribution < 1.29 is 9.53 Å². The van der Waals surface area contributed by atoms with Gasteiger partial charge in [-0.1, -0.05) is 42.5 Å². The average Bonchev–Trinajstić information content (AvgIpc) is 2.89. The smallest absolute Gasteiger partial charge is 0.303 e. The van der Waals surface area contributed by atoms with Crippen LogP contribution in [0.15, 0.2) is 54.6 Å². The van der Waals surface area contributed by atoms with Crippen LogP contribution in [0.5, 0.6) is 0 Å². The molecule has 0 aliphatic heterocycles. The minimum Gasteiger partial charge on any atom is -0.449 e. The Morgan fingerprint density at radius 2 is 1.80 bits per heavy atom.